The number of hydrogen-bond donors (Lipinski definition) is 1. The van der Waals surface area contributed by atoms with Gasteiger partial charge in [0, 0.05) is 24.4 Å². The molecule has 5 rings (SSSR count). The smallest absolute Gasteiger partial charge is 0.247 e. The standard InChI is InChI=1S/C34H37F2N5O5/c1-5-40(6-2)14-7-15-45-30-18-27-25(17-29(30)44-4)31(39-20-38-27)46-28-13-12-24(16-26(28)36)41(23-10-8-22(35)9-11-23)33(43)34(32(37)42)19-21(34)3/h8-13,16-18,20-21H,5-7,14-15,19H2,1-4H3,(H2,37,42)/t21-,34-/m1/s1. The van der Waals surface area contributed by atoms with Crippen molar-refractivity contribution < 1.29 is 32.6 Å². The van der Waals surface area contributed by atoms with Crippen LogP contribution in [-0.4, -0.2) is 60.0 Å². The Labute approximate surface area is 266 Å². The fourth-order valence-electron chi connectivity index (χ4n) is 5.56. The predicted molar refractivity (Wildman–Crippen MR) is 169 cm³/mol. The maximum Gasteiger partial charge on any atom is 0.247 e. The second-order valence-electron chi connectivity index (χ2n) is 11.2. The quantitative estimate of drug-likeness (QED) is 0.133. The Morgan fingerprint density at radius 1 is 0.978 bits per heavy atom. The van der Waals surface area contributed by atoms with Gasteiger partial charge >= 0.3 is 0 Å². The topological polar surface area (TPSA) is 120 Å². The summed E-state index contributed by atoms with van der Waals surface area (Å²) in [5.41, 5.74) is 5.06. The molecular weight excluding hydrogens is 596 g/mol. The van der Waals surface area contributed by atoms with E-state index in [1.165, 1.54) is 54.7 Å². The molecule has 1 aromatic heterocycles. The number of anilines is 2. The van der Waals surface area contributed by atoms with Crippen LogP contribution in [0, 0.1) is 23.0 Å². The summed E-state index contributed by atoms with van der Waals surface area (Å²) < 4.78 is 46.9. The minimum absolute atomic E-state index is 0.0778. The monoisotopic (exact) mass is 633 g/mol. The van der Waals surface area contributed by atoms with E-state index in [0.29, 0.717) is 29.0 Å². The number of hydrogen-bond acceptors (Lipinski definition) is 8. The number of ether oxygens (including phenoxy) is 3. The largest absolute Gasteiger partial charge is 0.493 e. The minimum atomic E-state index is -1.44. The van der Waals surface area contributed by atoms with E-state index in [1.807, 2.05) is 0 Å². The summed E-state index contributed by atoms with van der Waals surface area (Å²) >= 11 is 0. The lowest BCUT2D eigenvalue weighted by Gasteiger charge is -2.27. The van der Waals surface area contributed by atoms with Crippen molar-refractivity contribution in [3.05, 3.63) is 72.6 Å². The van der Waals surface area contributed by atoms with Crippen molar-refractivity contribution in [3.8, 4) is 23.1 Å². The Bertz CT molecular complexity index is 1730. The number of fused-ring (bicyclic) bond motifs is 1. The molecule has 242 valence electrons. The molecule has 0 unspecified atom stereocenters. The van der Waals surface area contributed by atoms with E-state index >= 15 is 4.39 Å². The normalized spacial score (nSPS) is 17.2. The second kappa shape index (κ2) is 13.7. The highest BCUT2D eigenvalue weighted by Gasteiger charge is 2.64. The first-order valence-corrected chi connectivity index (χ1v) is 15.2. The van der Waals surface area contributed by atoms with Crippen molar-refractivity contribution in [2.45, 2.75) is 33.6 Å². The van der Waals surface area contributed by atoms with Gasteiger partial charge in [-0.15, -0.1) is 0 Å². The Morgan fingerprint density at radius 2 is 1.67 bits per heavy atom. The van der Waals surface area contributed by atoms with Crippen LogP contribution >= 0.6 is 0 Å². The van der Waals surface area contributed by atoms with Crippen LogP contribution in [0.25, 0.3) is 10.9 Å². The zero-order valence-electron chi connectivity index (χ0n) is 26.3. The highest BCUT2D eigenvalue weighted by atomic mass is 19.1. The van der Waals surface area contributed by atoms with Crippen molar-refractivity contribution in [2.24, 2.45) is 17.1 Å². The van der Waals surface area contributed by atoms with Crippen LogP contribution in [0.3, 0.4) is 0 Å². The van der Waals surface area contributed by atoms with Gasteiger partial charge in [-0.2, -0.15) is 0 Å². The summed E-state index contributed by atoms with van der Waals surface area (Å²) in [5.74, 6) is -2.14. The maximum atomic E-state index is 15.7. The molecule has 1 heterocycles. The van der Waals surface area contributed by atoms with E-state index in [9.17, 15) is 14.0 Å². The van der Waals surface area contributed by atoms with E-state index in [1.54, 1.807) is 19.1 Å². The minimum Gasteiger partial charge on any atom is -0.493 e. The molecule has 3 aromatic carbocycles. The van der Waals surface area contributed by atoms with Gasteiger partial charge < -0.3 is 24.8 Å². The molecule has 2 amide bonds. The summed E-state index contributed by atoms with van der Waals surface area (Å²) in [4.78, 5) is 38.2. The summed E-state index contributed by atoms with van der Waals surface area (Å²) in [5, 5.41) is 0.465. The van der Waals surface area contributed by atoms with Gasteiger partial charge in [0.25, 0.3) is 0 Å². The van der Waals surface area contributed by atoms with E-state index < -0.39 is 28.9 Å². The van der Waals surface area contributed by atoms with Gasteiger partial charge in [0.15, 0.2) is 23.1 Å². The third-order valence-electron chi connectivity index (χ3n) is 8.45. The highest BCUT2D eigenvalue weighted by Crippen LogP contribution is 2.54. The molecule has 0 spiro atoms. The maximum absolute atomic E-state index is 15.7. The number of nitrogens with zero attached hydrogens (tertiary/aromatic N) is 4. The van der Waals surface area contributed by atoms with Crippen molar-refractivity contribution in [2.75, 3.05) is 38.3 Å². The molecule has 12 heteroatoms. The summed E-state index contributed by atoms with van der Waals surface area (Å²) in [7, 11) is 1.52. The average molecular weight is 634 g/mol. The van der Waals surface area contributed by atoms with E-state index in [-0.39, 0.29) is 35.3 Å². The van der Waals surface area contributed by atoms with Crippen LogP contribution in [0.15, 0.2) is 60.9 Å². The van der Waals surface area contributed by atoms with Gasteiger partial charge in [-0.3, -0.25) is 14.5 Å². The van der Waals surface area contributed by atoms with Crippen LogP contribution < -0.4 is 24.8 Å². The van der Waals surface area contributed by atoms with Gasteiger partial charge in [0.05, 0.1) is 30.3 Å². The number of nitrogens with two attached hydrogens (primary N) is 1. The van der Waals surface area contributed by atoms with E-state index in [0.717, 1.165) is 32.1 Å². The lowest BCUT2D eigenvalue weighted by molar-refractivity contribution is -0.134. The van der Waals surface area contributed by atoms with Crippen molar-refractivity contribution in [1.82, 2.24) is 14.9 Å². The molecule has 1 saturated carbocycles. The first-order valence-electron chi connectivity index (χ1n) is 15.2. The van der Waals surface area contributed by atoms with Crippen LogP contribution in [0.1, 0.15) is 33.6 Å². The lowest BCUT2D eigenvalue weighted by Crippen LogP contribution is -2.42. The van der Waals surface area contributed by atoms with E-state index in [4.69, 9.17) is 19.9 Å². The predicted octanol–water partition coefficient (Wildman–Crippen LogP) is 6.00. The van der Waals surface area contributed by atoms with Crippen molar-refractivity contribution in [1.29, 1.82) is 0 Å². The molecule has 4 aromatic rings. The molecule has 0 radical (unpaired) electrons. The molecule has 46 heavy (non-hydrogen) atoms. The number of carbonyl (C=O) groups is 2. The Morgan fingerprint density at radius 3 is 2.28 bits per heavy atom. The number of amides is 2. The van der Waals surface area contributed by atoms with Crippen LogP contribution in [-0.2, 0) is 9.59 Å². The van der Waals surface area contributed by atoms with Crippen LogP contribution in [0.2, 0.25) is 0 Å². The summed E-state index contributed by atoms with van der Waals surface area (Å²) in [6, 6.07) is 12.4. The zero-order valence-corrected chi connectivity index (χ0v) is 26.3. The second-order valence-corrected chi connectivity index (χ2v) is 11.2. The summed E-state index contributed by atoms with van der Waals surface area (Å²) in [6.45, 7) is 9.32. The van der Waals surface area contributed by atoms with Crippen molar-refractivity contribution >= 4 is 34.1 Å². The van der Waals surface area contributed by atoms with Gasteiger partial charge in [0.2, 0.25) is 17.7 Å². The summed E-state index contributed by atoms with van der Waals surface area (Å²) in [6.07, 6.45) is 2.40. The molecule has 10 nitrogen and oxygen atoms in total. The van der Waals surface area contributed by atoms with Crippen LogP contribution in [0.5, 0.6) is 23.1 Å². The Balaban J connectivity index is 1.42. The Kier molecular flexibility index (Phi) is 9.66. The first kappa shape index (κ1) is 32.6. The SMILES string of the molecule is CCN(CC)CCCOc1cc2ncnc(Oc3ccc(N(C(=O)[C@]4(C(N)=O)C[C@H]4C)c4ccc(F)cc4)cc3F)c2cc1OC. The molecule has 0 aliphatic heterocycles. The Hall–Kier alpha value is -4.84. The van der Waals surface area contributed by atoms with Gasteiger partial charge in [0.1, 0.15) is 17.6 Å². The number of benzene rings is 3. The number of primary amides is 1. The molecule has 1 aliphatic rings. The van der Waals surface area contributed by atoms with Gasteiger partial charge in [-0.05, 0) is 74.3 Å². The highest BCUT2D eigenvalue weighted by molar-refractivity contribution is 6.17. The number of aromatic nitrogens is 2. The van der Waals surface area contributed by atoms with Crippen LogP contribution in [0.4, 0.5) is 20.2 Å². The van der Waals surface area contributed by atoms with Crippen molar-refractivity contribution in [3.63, 3.8) is 0 Å². The first-order chi connectivity index (χ1) is 22.1. The zero-order chi connectivity index (χ0) is 33.0. The molecular formula is C34H37F2N5O5. The number of halogens is 2. The number of methoxy groups -OCH3 is 1. The molecule has 2 atom stereocenters. The lowest BCUT2D eigenvalue weighted by atomic mass is 10.00. The number of carbonyl (C=O) groups excluding carboxylic acids is 2. The molecule has 0 saturated heterocycles. The molecule has 2 N–H and O–H groups in total. The molecule has 0 bridgehead atoms. The van der Waals surface area contributed by atoms with E-state index in [2.05, 4.69) is 28.7 Å². The average Bonchev–Trinajstić information content (AvgIpc) is 3.75. The molecule has 1 aliphatic carbocycles. The fraction of sp³-hybridized carbons (Fsp3) is 0.353. The molecule has 1 fully saturated rings. The third-order valence-corrected chi connectivity index (χ3v) is 8.45. The van der Waals surface area contributed by atoms with Gasteiger partial charge in [-0.25, -0.2) is 18.7 Å². The van der Waals surface area contributed by atoms with Gasteiger partial charge in [-0.1, -0.05) is 20.8 Å². The third kappa shape index (κ3) is 6.43. The number of rotatable bonds is 14. The fourth-order valence-corrected chi connectivity index (χ4v) is 5.56.